The average molecular weight is 390 g/mol. The van der Waals surface area contributed by atoms with Gasteiger partial charge < -0.3 is 15.3 Å². The first-order valence-corrected chi connectivity index (χ1v) is 9.08. The van der Waals surface area contributed by atoms with Crippen LogP contribution in [0.25, 0.3) is 0 Å². The van der Waals surface area contributed by atoms with E-state index in [1.807, 2.05) is 0 Å². The Bertz CT molecular complexity index is 854. The average Bonchev–Trinajstić information content (AvgIpc) is 2.78. The van der Waals surface area contributed by atoms with E-state index in [1.165, 1.54) is 32.0 Å². The van der Waals surface area contributed by atoms with Crippen molar-refractivity contribution in [1.29, 1.82) is 0 Å². The van der Waals surface area contributed by atoms with Crippen LogP contribution < -0.4 is 10.6 Å². The molecule has 11 heteroatoms. The Balaban J connectivity index is 2.83. The Kier molecular flexibility index (Phi) is 5.35. The van der Waals surface area contributed by atoms with Crippen molar-refractivity contribution in [3.8, 4) is 0 Å². The predicted molar refractivity (Wildman–Crippen MR) is 88.3 cm³/mol. The first-order chi connectivity index (χ1) is 11.8. The molecule has 136 valence electrons. The van der Waals surface area contributed by atoms with Gasteiger partial charge in [0.1, 0.15) is 4.90 Å². The van der Waals surface area contributed by atoms with Gasteiger partial charge in [-0.1, -0.05) is 23.7 Å². The summed E-state index contributed by atoms with van der Waals surface area (Å²) in [5, 5.41) is 3.20. The molecule has 3 N–H and O–H groups in total. The van der Waals surface area contributed by atoms with Crippen molar-refractivity contribution in [3.63, 3.8) is 0 Å². The van der Waals surface area contributed by atoms with Crippen LogP contribution in [0, 0.1) is 0 Å². The molecule has 0 saturated carbocycles. The predicted octanol–water partition coefficient (Wildman–Crippen LogP) is 0.268. The molecule has 0 aromatic heterocycles. The van der Waals surface area contributed by atoms with Gasteiger partial charge in [0.15, 0.2) is 5.71 Å². The fraction of sp³-hybridized carbons (Fsp3) is 0.357. The topological polar surface area (TPSA) is 137 Å². The molecule has 0 saturated heterocycles. The summed E-state index contributed by atoms with van der Waals surface area (Å²) in [6, 6.07) is 4.08. The van der Waals surface area contributed by atoms with Gasteiger partial charge in [0.25, 0.3) is 0 Å². The van der Waals surface area contributed by atoms with Gasteiger partial charge in [0.05, 0.1) is 18.2 Å². The molecule has 1 heterocycles. The lowest BCUT2D eigenvalue weighted by Gasteiger charge is -2.26. The molecular formula is C14H16ClN3O6S. The monoisotopic (exact) mass is 389 g/mol. The van der Waals surface area contributed by atoms with Gasteiger partial charge in [0.2, 0.25) is 15.6 Å². The van der Waals surface area contributed by atoms with E-state index in [2.05, 4.69) is 9.82 Å². The molecular weight excluding hydrogens is 374 g/mol. The Hall–Kier alpha value is -2.17. The smallest absolute Gasteiger partial charge is 0.357 e. The summed E-state index contributed by atoms with van der Waals surface area (Å²) in [5.74, 6) is 3.16. The highest BCUT2D eigenvalue weighted by Crippen LogP contribution is 2.41. The van der Waals surface area contributed by atoms with Gasteiger partial charge in [-0.15, -0.1) is 0 Å². The molecule has 0 aliphatic carbocycles. The largest absolute Gasteiger partial charge is 0.464 e. The second-order valence-corrected chi connectivity index (χ2v) is 6.92. The number of halogens is 1. The van der Waals surface area contributed by atoms with Crippen molar-refractivity contribution < 1.29 is 27.5 Å². The van der Waals surface area contributed by atoms with Crippen LogP contribution in [0.1, 0.15) is 19.4 Å². The van der Waals surface area contributed by atoms with E-state index < -0.39 is 33.2 Å². The van der Waals surface area contributed by atoms with E-state index in [0.717, 1.165) is 0 Å². The zero-order valence-electron chi connectivity index (χ0n) is 13.4. The lowest BCUT2D eigenvalue weighted by Crippen LogP contribution is -2.57. The number of rotatable bonds is 5. The molecule has 0 amide bonds. The molecule has 1 atom stereocenters. The summed E-state index contributed by atoms with van der Waals surface area (Å²) in [6.45, 7) is 2.95. The van der Waals surface area contributed by atoms with Crippen molar-refractivity contribution >= 4 is 39.3 Å². The Morgan fingerprint density at radius 2 is 1.92 bits per heavy atom. The summed E-state index contributed by atoms with van der Waals surface area (Å²) >= 11 is 5.99. The van der Waals surface area contributed by atoms with E-state index in [1.54, 1.807) is 0 Å². The minimum atomic E-state index is -4.24. The van der Waals surface area contributed by atoms with Gasteiger partial charge in [-0.25, -0.2) is 18.0 Å². The van der Waals surface area contributed by atoms with Crippen molar-refractivity contribution in [2.75, 3.05) is 13.2 Å². The molecule has 1 aromatic rings. The van der Waals surface area contributed by atoms with Crippen molar-refractivity contribution in [1.82, 2.24) is 4.72 Å². The number of ether oxygens (including phenoxy) is 2. The molecule has 0 fully saturated rings. The Morgan fingerprint density at radius 1 is 1.28 bits per heavy atom. The number of nitrogens with two attached hydrogens (primary N) is 1. The quantitative estimate of drug-likeness (QED) is 0.319. The summed E-state index contributed by atoms with van der Waals surface area (Å²) in [7, 11) is -4.24. The second-order valence-electron chi connectivity index (χ2n) is 4.89. The van der Waals surface area contributed by atoms with Crippen molar-refractivity contribution in [2.24, 2.45) is 10.9 Å². The second kappa shape index (κ2) is 6.98. The summed E-state index contributed by atoms with van der Waals surface area (Å²) < 4.78 is 37.0. The summed E-state index contributed by atoms with van der Waals surface area (Å²) in [5.41, 5.74) is -3.05. The fourth-order valence-corrected chi connectivity index (χ4v) is 4.66. The van der Waals surface area contributed by atoms with Gasteiger partial charge in [0, 0.05) is 5.56 Å². The number of hydrogen-bond donors (Lipinski definition) is 2. The number of benzene rings is 1. The van der Waals surface area contributed by atoms with Crippen LogP contribution in [0.2, 0.25) is 5.02 Å². The number of esters is 2. The molecule has 0 unspecified atom stereocenters. The molecule has 0 bridgehead atoms. The third kappa shape index (κ3) is 2.96. The zero-order valence-corrected chi connectivity index (χ0v) is 15.0. The normalized spacial score (nSPS) is 21.5. The lowest BCUT2D eigenvalue weighted by molar-refractivity contribution is -0.149. The number of carbonyl (C=O) groups excluding carboxylic acids is 2. The highest BCUT2D eigenvalue weighted by Gasteiger charge is 2.60. The van der Waals surface area contributed by atoms with E-state index >= 15 is 0 Å². The SMILES string of the molecule is CCOC(=O)/C(=N\N)[C@@]1(C(=O)OCC)NS(=O)(=O)c2c(Cl)cccc21. The molecule has 0 spiro atoms. The van der Waals surface area contributed by atoms with Crippen LogP contribution in [0.15, 0.2) is 28.2 Å². The summed E-state index contributed by atoms with van der Waals surface area (Å²) in [6.07, 6.45) is 0. The van der Waals surface area contributed by atoms with Crippen LogP contribution in [0.4, 0.5) is 0 Å². The number of nitrogens with zero attached hydrogens (tertiary/aromatic N) is 1. The maximum atomic E-state index is 12.7. The van der Waals surface area contributed by atoms with Crippen LogP contribution in [-0.4, -0.2) is 39.3 Å². The third-order valence-corrected chi connectivity index (χ3v) is 5.44. The van der Waals surface area contributed by atoms with Crippen molar-refractivity contribution in [2.45, 2.75) is 24.3 Å². The van der Waals surface area contributed by atoms with Gasteiger partial charge >= 0.3 is 11.9 Å². The van der Waals surface area contributed by atoms with Crippen LogP contribution >= 0.6 is 11.6 Å². The molecule has 25 heavy (non-hydrogen) atoms. The van der Waals surface area contributed by atoms with E-state index in [-0.39, 0.29) is 28.7 Å². The first kappa shape index (κ1) is 19.2. The maximum Gasteiger partial charge on any atom is 0.357 e. The number of nitrogens with one attached hydrogen (secondary N) is 1. The standard InChI is InChI=1S/C14H16ClN3O6S/c1-3-23-12(19)11(17-16)14(13(20)24-4-2)8-6-5-7-9(15)10(8)25(21,22)18-14/h5-7,18H,3-4,16H2,1-2H3/b17-11+/t14-/m0/s1. The minimum Gasteiger partial charge on any atom is -0.464 e. The number of hydrogen-bond acceptors (Lipinski definition) is 8. The number of sulfonamides is 1. The number of carbonyl (C=O) groups is 2. The number of hydrazone groups is 1. The number of fused-ring (bicyclic) bond motifs is 1. The molecule has 1 aliphatic rings. The third-order valence-electron chi connectivity index (χ3n) is 3.46. The Labute approximate surface area is 149 Å². The van der Waals surface area contributed by atoms with E-state index in [4.69, 9.17) is 26.9 Å². The molecule has 1 aromatic carbocycles. The molecule has 1 aliphatic heterocycles. The van der Waals surface area contributed by atoms with Gasteiger partial charge in [-0.3, -0.25) is 0 Å². The zero-order chi connectivity index (χ0) is 18.8. The van der Waals surface area contributed by atoms with Gasteiger partial charge in [-0.2, -0.15) is 9.82 Å². The highest BCUT2D eigenvalue weighted by molar-refractivity contribution is 7.90. The minimum absolute atomic E-state index is 0.0358. The molecule has 0 radical (unpaired) electrons. The van der Waals surface area contributed by atoms with Crippen LogP contribution in [0.5, 0.6) is 0 Å². The van der Waals surface area contributed by atoms with Crippen LogP contribution in [0.3, 0.4) is 0 Å². The van der Waals surface area contributed by atoms with E-state index in [9.17, 15) is 18.0 Å². The maximum absolute atomic E-state index is 12.7. The first-order valence-electron chi connectivity index (χ1n) is 7.21. The Morgan fingerprint density at radius 3 is 2.48 bits per heavy atom. The van der Waals surface area contributed by atoms with Crippen molar-refractivity contribution in [3.05, 3.63) is 28.8 Å². The molecule has 2 rings (SSSR count). The lowest BCUT2D eigenvalue weighted by atomic mass is 9.85. The fourth-order valence-electron chi connectivity index (χ4n) is 2.55. The van der Waals surface area contributed by atoms with Crippen LogP contribution in [-0.2, 0) is 34.6 Å². The van der Waals surface area contributed by atoms with Gasteiger partial charge in [-0.05, 0) is 19.9 Å². The molecule has 9 nitrogen and oxygen atoms in total. The van der Waals surface area contributed by atoms with E-state index in [0.29, 0.717) is 0 Å². The summed E-state index contributed by atoms with van der Waals surface area (Å²) in [4.78, 5) is 24.6. The highest BCUT2D eigenvalue weighted by atomic mass is 35.5.